The molecule has 0 atom stereocenters. The summed E-state index contributed by atoms with van der Waals surface area (Å²) in [5.74, 6) is 0. The van der Waals surface area contributed by atoms with Crippen LogP contribution in [-0.2, 0) is 0 Å². The summed E-state index contributed by atoms with van der Waals surface area (Å²) in [4.78, 5) is 0. The van der Waals surface area contributed by atoms with Crippen LogP contribution in [0.2, 0.25) is 0 Å². The van der Waals surface area contributed by atoms with Crippen LogP contribution in [0.3, 0.4) is 0 Å². The van der Waals surface area contributed by atoms with Gasteiger partial charge in [-0.15, -0.1) is 0 Å². The van der Waals surface area contributed by atoms with E-state index in [4.69, 9.17) is 0 Å². The summed E-state index contributed by atoms with van der Waals surface area (Å²) in [5.41, 5.74) is 2.16. The van der Waals surface area contributed by atoms with Crippen molar-refractivity contribution in [3.05, 3.63) is 48.6 Å². The Morgan fingerprint density at radius 2 is 1.25 bits per heavy atom. The largest absolute Gasteiger partial charge is 0.0985 e. The number of rotatable bonds is 4. The third-order valence-corrected chi connectivity index (χ3v) is 1.38. The molecule has 0 nitrogen and oxygen atoms in total. The monoisotopic (exact) mass is 282 g/mol. The van der Waals surface area contributed by atoms with Crippen LogP contribution < -0.4 is 0 Å². The zero-order chi connectivity index (χ0) is 17.4. The third-order valence-electron chi connectivity index (χ3n) is 1.38. The van der Waals surface area contributed by atoms with Crippen LogP contribution in [0.5, 0.6) is 0 Å². The molecule has 0 radical (unpaired) electrons. The first-order chi connectivity index (χ1) is 9.67. The Balaban J connectivity index is -0.0000000698. The van der Waals surface area contributed by atoms with Gasteiger partial charge in [0.1, 0.15) is 0 Å². The maximum atomic E-state index is 3.91. The first-order valence-corrected chi connectivity index (χ1v) is 8.32. The summed E-state index contributed by atoms with van der Waals surface area (Å²) < 4.78 is 0. The van der Waals surface area contributed by atoms with Gasteiger partial charge in [-0.1, -0.05) is 106 Å². The number of allylic oxidation sites excluding steroid dienone is 6. The van der Waals surface area contributed by atoms with Gasteiger partial charge in [-0.2, -0.15) is 0 Å². The zero-order valence-corrected chi connectivity index (χ0v) is 16.1. The first-order valence-electron chi connectivity index (χ1n) is 8.32. The molecule has 0 spiro atoms. The number of hydrogen-bond acceptors (Lipinski definition) is 0. The Kier molecular flexibility index (Phi) is 67.5. The summed E-state index contributed by atoms with van der Waals surface area (Å²) in [7, 11) is 0. The van der Waals surface area contributed by atoms with E-state index < -0.39 is 0 Å². The van der Waals surface area contributed by atoms with Crippen molar-refractivity contribution in [2.75, 3.05) is 0 Å². The van der Waals surface area contributed by atoms with Crippen molar-refractivity contribution in [3.8, 4) is 0 Å². The number of hydrogen-bond donors (Lipinski definition) is 0. The molecule has 0 aromatic carbocycles. The van der Waals surface area contributed by atoms with Crippen LogP contribution >= 0.6 is 0 Å². The van der Waals surface area contributed by atoms with E-state index >= 15 is 0 Å². The second kappa shape index (κ2) is 43.0. The van der Waals surface area contributed by atoms with E-state index in [2.05, 4.69) is 40.0 Å². The van der Waals surface area contributed by atoms with Crippen LogP contribution in [0.25, 0.3) is 0 Å². The van der Waals surface area contributed by atoms with Crippen LogP contribution in [0, 0.1) is 0 Å². The Bertz CT molecular complexity index is 204. The molecule has 122 valence electrons. The zero-order valence-electron chi connectivity index (χ0n) is 16.1. The molecular formula is C20H42. The molecular weight excluding hydrogens is 240 g/mol. The Morgan fingerprint density at radius 1 is 0.900 bits per heavy atom. The van der Waals surface area contributed by atoms with Gasteiger partial charge in [0.25, 0.3) is 0 Å². The predicted octanol–water partition coefficient (Wildman–Crippen LogP) is 8.14. The molecule has 0 aliphatic carbocycles. The summed E-state index contributed by atoms with van der Waals surface area (Å²) in [6.07, 6.45) is 10.2. The summed E-state index contributed by atoms with van der Waals surface area (Å²) in [6.45, 7) is 28.0. The van der Waals surface area contributed by atoms with E-state index in [1.807, 2.05) is 66.7 Å². The van der Waals surface area contributed by atoms with E-state index in [0.717, 1.165) is 17.6 Å². The second-order valence-corrected chi connectivity index (χ2v) is 3.00. The summed E-state index contributed by atoms with van der Waals surface area (Å²) in [5, 5.41) is 0. The van der Waals surface area contributed by atoms with E-state index in [1.165, 1.54) is 6.42 Å². The lowest BCUT2D eigenvalue weighted by molar-refractivity contribution is 1.09. The lowest BCUT2D eigenvalue weighted by Crippen LogP contribution is -1.79. The average Bonchev–Trinajstić information content (AvgIpc) is 2.52. The molecule has 0 N–H and O–H groups in total. The second-order valence-electron chi connectivity index (χ2n) is 3.00. The van der Waals surface area contributed by atoms with E-state index in [9.17, 15) is 0 Å². The van der Waals surface area contributed by atoms with Crippen molar-refractivity contribution in [1.29, 1.82) is 0 Å². The quantitative estimate of drug-likeness (QED) is 0.456. The Hall–Kier alpha value is -1.04. The van der Waals surface area contributed by atoms with Crippen molar-refractivity contribution < 1.29 is 0 Å². The van der Waals surface area contributed by atoms with Gasteiger partial charge in [0.2, 0.25) is 0 Å². The van der Waals surface area contributed by atoms with E-state index in [0.29, 0.717) is 0 Å². The van der Waals surface area contributed by atoms with Crippen LogP contribution in [-0.4, -0.2) is 0 Å². The molecule has 0 aliphatic rings. The van der Waals surface area contributed by atoms with Gasteiger partial charge in [-0.25, -0.2) is 0 Å². The molecule has 0 heterocycles. The lowest BCUT2D eigenvalue weighted by atomic mass is 10.1. The Labute approximate surface area is 131 Å². The fraction of sp³-hybridized carbons (Fsp3) is 0.600. The molecule has 0 rings (SSSR count). The minimum absolute atomic E-state index is 1.03. The highest BCUT2D eigenvalue weighted by Crippen LogP contribution is 2.10. The van der Waals surface area contributed by atoms with Crippen molar-refractivity contribution in [3.63, 3.8) is 0 Å². The van der Waals surface area contributed by atoms with Gasteiger partial charge in [-0.05, 0) is 24.5 Å². The minimum Gasteiger partial charge on any atom is -0.0985 e. The Morgan fingerprint density at radius 3 is 1.45 bits per heavy atom. The smallest absolute Gasteiger partial charge is 0.0236 e. The molecule has 0 fully saturated rings. The fourth-order valence-corrected chi connectivity index (χ4v) is 0.863. The molecule has 0 amide bonds. The standard InChI is InChI=1S/C11H16.C3H8.3C2H6/c1-5-8-10(4)11(7-3)9-6-2;1-3-2;3*1-2/h5,7-9H,3-4,6H2,1-2H3;3H2,1-2H3;3*1-2H3/b8-5-,11-9-;;;;. The van der Waals surface area contributed by atoms with Crippen molar-refractivity contribution in [2.45, 2.75) is 82.1 Å². The highest BCUT2D eigenvalue weighted by Gasteiger charge is 1.90. The van der Waals surface area contributed by atoms with E-state index in [1.54, 1.807) is 0 Å². The molecule has 0 saturated carbocycles. The minimum atomic E-state index is 1.03. The molecule has 0 aromatic heterocycles. The summed E-state index contributed by atoms with van der Waals surface area (Å²) >= 11 is 0. The molecule has 0 unspecified atom stereocenters. The van der Waals surface area contributed by atoms with Gasteiger partial charge < -0.3 is 0 Å². The van der Waals surface area contributed by atoms with Gasteiger partial charge in [0.15, 0.2) is 0 Å². The SMILES string of the molecule is C=C/C(=C/CC)C(=C)/C=C\C.CC.CC.CC.CCC. The molecule has 0 aliphatic heterocycles. The van der Waals surface area contributed by atoms with Gasteiger partial charge in [0.05, 0.1) is 0 Å². The van der Waals surface area contributed by atoms with Crippen molar-refractivity contribution >= 4 is 0 Å². The van der Waals surface area contributed by atoms with Crippen LogP contribution in [0.15, 0.2) is 48.6 Å². The predicted molar refractivity (Wildman–Crippen MR) is 103 cm³/mol. The highest BCUT2D eigenvalue weighted by atomic mass is 14.0. The van der Waals surface area contributed by atoms with Crippen LogP contribution in [0.4, 0.5) is 0 Å². The molecule has 0 saturated heterocycles. The van der Waals surface area contributed by atoms with Crippen LogP contribution in [0.1, 0.15) is 82.1 Å². The summed E-state index contributed by atoms with van der Waals surface area (Å²) in [6, 6.07) is 0. The third kappa shape index (κ3) is 36.0. The topological polar surface area (TPSA) is 0 Å². The lowest BCUT2D eigenvalue weighted by Gasteiger charge is -1.98. The van der Waals surface area contributed by atoms with E-state index in [-0.39, 0.29) is 0 Å². The van der Waals surface area contributed by atoms with Crippen molar-refractivity contribution in [2.24, 2.45) is 0 Å². The maximum absolute atomic E-state index is 3.91. The van der Waals surface area contributed by atoms with Gasteiger partial charge >= 0.3 is 0 Å². The molecule has 20 heavy (non-hydrogen) atoms. The van der Waals surface area contributed by atoms with Crippen molar-refractivity contribution in [1.82, 2.24) is 0 Å². The maximum Gasteiger partial charge on any atom is -0.0236 e. The van der Waals surface area contributed by atoms with Gasteiger partial charge in [-0.3, -0.25) is 0 Å². The molecule has 0 heteroatoms. The normalized spacial score (nSPS) is 8.40. The van der Waals surface area contributed by atoms with Gasteiger partial charge in [0, 0.05) is 0 Å². The highest BCUT2D eigenvalue weighted by molar-refractivity contribution is 5.43. The first kappa shape index (κ1) is 31.4. The fourth-order valence-electron chi connectivity index (χ4n) is 0.863. The molecule has 0 aromatic rings. The average molecular weight is 283 g/mol. The molecule has 0 bridgehead atoms.